The molecular weight excluding hydrogens is 212 g/mol. The molecule has 3 nitrogen and oxygen atoms in total. The quantitative estimate of drug-likeness (QED) is 0.787. The molecule has 1 aliphatic heterocycles. The summed E-state index contributed by atoms with van der Waals surface area (Å²) in [5.74, 6) is 0.746. The highest BCUT2D eigenvalue weighted by molar-refractivity contribution is 7.94. The van der Waals surface area contributed by atoms with Crippen molar-refractivity contribution in [1.82, 2.24) is 0 Å². The van der Waals surface area contributed by atoms with Gasteiger partial charge in [0.2, 0.25) is 0 Å². The summed E-state index contributed by atoms with van der Waals surface area (Å²) in [5.41, 5.74) is 1.04. The van der Waals surface area contributed by atoms with Crippen molar-refractivity contribution < 1.29 is 13.2 Å². The summed E-state index contributed by atoms with van der Waals surface area (Å²) in [7, 11) is -2.99. The highest BCUT2D eigenvalue weighted by atomic mass is 32.2. The van der Waals surface area contributed by atoms with Crippen molar-refractivity contribution in [1.29, 1.82) is 0 Å². The molecule has 0 aliphatic carbocycles. The third kappa shape index (κ3) is 2.83. The first-order chi connectivity index (χ1) is 7.16. The van der Waals surface area contributed by atoms with E-state index < -0.39 is 9.84 Å². The van der Waals surface area contributed by atoms with Crippen molar-refractivity contribution in [2.45, 2.75) is 13.0 Å². The predicted molar refractivity (Wildman–Crippen MR) is 57.7 cm³/mol. The Bertz CT molecular complexity index is 460. The van der Waals surface area contributed by atoms with Crippen molar-refractivity contribution >= 4 is 9.84 Å². The Balaban J connectivity index is 1.96. The van der Waals surface area contributed by atoms with Crippen molar-refractivity contribution in [3.05, 3.63) is 47.1 Å². The standard InChI is InChI=1S/C11H12O3S/c12-15(13)7-6-11(9-15)14-8-10-4-2-1-3-5-10/h1-5,9H,6-8H2. The molecule has 0 N–H and O–H groups in total. The fraction of sp³-hybridized carbons (Fsp3) is 0.273. The fourth-order valence-electron chi connectivity index (χ4n) is 1.42. The van der Waals surface area contributed by atoms with Crippen LogP contribution in [0.1, 0.15) is 12.0 Å². The number of hydrogen-bond acceptors (Lipinski definition) is 3. The second kappa shape index (κ2) is 4.06. The molecule has 1 aliphatic rings. The molecule has 0 fully saturated rings. The van der Waals surface area contributed by atoms with Crippen molar-refractivity contribution in [3.8, 4) is 0 Å². The third-order valence-electron chi connectivity index (χ3n) is 2.21. The van der Waals surface area contributed by atoms with Crippen LogP contribution in [0.4, 0.5) is 0 Å². The predicted octanol–water partition coefficient (Wildman–Crippen LogP) is 1.86. The molecule has 1 aromatic rings. The molecular formula is C11H12O3S. The van der Waals surface area contributed by atoms with Crippen LogP contribution in [0.5, 0.6) is 0 Å². The van der Waals surface area contributed by atoms with E-state index in [1.165, 1.54) is 5.41 Å². The molecule has 1 heterocycles. The Labute approximate surface area is 89.3 Å². The Hall–Kier alpha value is -1.29. The first kappa shape index (κ1) is 10.2. The Morgan fingerprint density at radius 3 is 2.53 bits per heavy atom. The summed E-state index contributed by atoms with van der Waals surface area (Å²) in [6.45, 7) is 0.433. The van der Waals surface area contributed by atoms with Crippen molar-refractivity contribution in [2.24, 2.45) is 0 Å². The minimum atomic E-state index is -2.99. The second-order valence-electron chi connectivity index (χ2n) is 3.48. The highest BCUT2D eigenvalue weighted by Gasteiger charge is 2.19. The Kier molecular flexibility index (Phi) is 2.77. The van der Waals surface area contributed by atoms with Crippen molar-refractivity contribution in [3.63, 3.8) is 0 Å². The zero-order valence-corrected chi connectivity index (χ0v) is 9.03. The smallest absolute Gasteiger partial charge is 0.175 e. The van der Waals surface area contributed by atoms with E-state index in [1.54, 1.807) is 0 Å². The van der Waals surface area contributed by atoms with E-state index in [1.807, 2.05) is 30.3 Å². The first-order valence-corrected chi connectivity index (χ1v) is 6.47. The van der Waals surface area contributed by atoms with E-state index in [4.69, 9.17) is 4.74 Å². The van der Waals surface area contributed by atoms with Crippen LogP contribution in [0, 0.1) is 0 Å². The molecule has 2 rings (SSSR count). The minimum Gasteiger partial charge on any atom is -0.492 e. The van der Waals surface area contributed by atoms with E-state index in [0.29, 0.717) is 18.8 Å². The molecule has 0 atom stereocenters. The van der Waals surface area contributed by atoms with Gasteiger partial charge in [-0.15, -0.1) is 0 Å². The lowest BCUT2D eigenvalue weighted by molar-refractivity contribution is 0.194. The highest BCUT2D eigenvalue weighted by Crippen LogP contribution is 2.18. The zero-order chi connectivity index (χ0) is 10.7. The molecule has 0 saturated heterocycles. The van der Waals surface area contributed by atoms with Gasteiger partial charge in [0, 0.05) is 6.42 Å². The lowest BCUT2D eigenvalue weighted by Gasteiger charge is -2.05. The molecule has 80 valence electrons. The van der Waals surface area contributed by atoms with Gasteiger partial charge in [0.1, 0.15) is 12.4 Å². The van der Waals surface area contributed by atoms with Crippen LogP contribution >= 0.6 is 0 Å². The molecule has 0 spiro atoms. The van der Waals surface area contributed by atoms with Crippen LogP contribution in [0.3, 0.4) is 0 Å². The van der Waals surface area contributed by atoms with E-state index in [0.717, 1.165) is 5.56 Å². The first-order valence-electron chi connectivity index (χ1n) is 4.76. The van der Waals surface area contributed by atoms with Crippen LogP contribution < -0.4 is 0 Å². The van der Waals surface area contributed by atoms with Crippen LogP contribution in [0.2, 0.25) is 0 Å². The summed E-state index contributed by atoms with van der Waals surface area (Å²) in [4.78, 5) is 0. The average Bonchev–Trinajstić information content (AvgIpc) is 2.57. The van der Waals surface area contributed by atoms with E-state index >= 15 is 0 Å². The summed E-state index contributed by atoms with van der Waals surface area (Å²) < 4.78 is 27.6. The van der Waals surface area contributed by atoms with Gasteiger partial charge in [0.15, 0.2) is 9.84 Å². The number of ether oxygens (including phenoxy) is 1. The summed E-state index contributed by atoms with van der Waals surface area (Å²) in [5, 5.41) is 1.23. The van der Waals surface area contributed by atoms with Gasteiger partial charge in [-0.05, 0) is 5.56 Å². The summed E-state index contributed by atoms with van der Waals surface area (Å²) >= 11 is 0. The Morgan fingerprint density at radius 1 is 1.20 bits per heavy atom. The maximum absolute atomic E-state index is 11.1. The number of benzene rings is 1. The third-order valence-corrected chi connectivity index (χ3v) is 3.61. The van der Waals surface area contributed by atoms with Gasteiger partial charge in [-0.1, -0.05) is 30.3 Å². The summed E-state index contributed by atoms with van der Waals surface area (Å²) in [6, 6.07) is 9.69. The normalized spacial score (nSPS) is 18.5. The van der Waals surface area contributed by atoms with Gasteiger partial charge in [-0.25, -0.2) is 8.42 Å². The molecule has 15 heavy (non-hydrogen) atoms. The number of hydrogen-bond donors (Lipinski definition) is 0. The van der Waals surface area contributed by atoms with E-state index in [-0.39, 0.29) is 5.75 Å². The fourth-order valence-corrected chi connectivity index (χ4v) is 2.61. The largest absolute Gasteiger partial charge is 0.492 e. The topological polar surface area (TPSA) is 43.4 Å². The van der Waals surface area contributed by atoms with Crippen LogP contribution in [-0.4, -0.2) is 14.2 Å². The lowest BCUT2D eigenvalue weighted by Crippen LogP contribution is -1.93. The molecule has 0 radical (unpaired) electrons. The van der Waals surface area contributed by atoms with Gasteiger partial charge in [0.25, 0.3) is 0 Å². The second-order valence-corrected chi connectivity index (χ2v) is 5.45. The SMILES string of the molecule is O=S1(=O)C=C(OCc2ccccc2)CC1. The van der Waals surface area contributed by atoms with Gasteiger partial charge >= 0.3 is 0 Å². The van der Waals surface area contributed by atoms with Gasteiger partial charge in [0.05, 0.1) is 11.2 Å². The lowest BCUT2D eigenvalue weighted by atomic mass is 10.2. The van der Waals surface area contributed by atoms with Crippen LogP contribution in [-0.2, 0) is 21.2 Å². The van der Waals surface area contributed by atoms with Gasteiger partial charge in [-0.2, -0.15) is 0 Å². The molecule has 0 saturated carbocycles. The van der Waals surface area contributed by atoms with E-state index in [9.17, 15) is 8.42 Å². The Morgan fingerprint density at radius 2 is 1.93 bits per heavy atom. The molecule has 0 amide bonds. The molecule has 4 heteroatoms. The molecule has 0 bridgehead atoms. The van der Waals surface area contributed by atoms with Crippen LogP contribution in [0.15, 0.2) is 41.5 Å². The zero-order valence-electron chi connectivity index (χ0n) is 8.22. The maximum Gasteiger partial charge on any atom is 0.175 e. The van der Waals surface area contributed by atoms with Crippen LogP contribution in [0.25, 0.3) is 0 Å². The number of allylic oxidation sites excluding steroid dienone is 1. The molecule has 1 aromatic carbocycles. The van der Waals surface area contributed by atoms with E-state index in [2.05, 4.69) is 0 Å². The average molecular weight is 224 g/mol. The number of sulfone groups is 1. The van der Waals surface area contributed by atoms with Gasteiger partial charge in [-0.3, -0.25) is 0 Å². The molecule has 0 aromatic heterocycles. The maximum atomic E-state index is 11.1. The van der Waals surface area contributed by atoms with Gasteiger partial charge < -0.3 is 4.74 Å². The summed E-state index contributed by atoms with van der Waals surface area (Å²) in [6.07, 6.45) is 0.495. The number of rotatable bonds is 3. The minimum absolute atomic E-state index is 0.178. The van der Waals surface area contributed by atoms with Crippen molar-refractivity contribution in [2.75, 3.05) is 5.75 Å². The molecule has 0 unspecified atom stereocenters. The monoisotopic (exact) mass is 224 g/mol.